The van der Waals surface area contributed by atoms with Crippen molar-refractivity contribution in [2.45, 2.75) is 13.1 Å². The molecule has 0 fully saturated rings. The maximum absolute atomic E-state index is 12.8. The summed E-state index contributed by atoms with van der Waals surface area (Å²) < 4.78 is 38.0. The smallest absolute Gasteiger partial charge is 0.478 e. The molecule has 2 rings (SSSR count). The van der Waals surface area contributed by atoms with Gasteiger partial charge in [-0.15, -0.1) is 0 Å². The standard InChI is InChI=1S/C16H10F3N3O5/c1-8-11(2-3-14(21(8)25)16(17,18)19)10(7-20)4-9-5-12(22(26)27)15(24)13(23)6-9/h2-6,23-24H,1H3. The van der Waals surface area contributed by atoms with Crippen molar-refractivity contribution >= 4 is 17.3 Å². The van der Waals surface area contributed by atoms with Gasteiger partial charge in [0.1, 0.15) is 6.07 Å². The monoisotopic (exact) mass is 381 g/mol. The number of phenols is 2. The van der Waals surface area contributed by atoms with Crippen LogP contribution in [0.4, 0.5) is 18.9 Å². The summed E-state index contributed by atoms with van der Waals surface area (Å²) in [6.45, 7) is 1.08. The van der Waals surface area contributed by atoms with E-state index in [1.807, 2.05) is 0 Å². The number of nitro groups is 1. The molecule has 0 radical (unpaired) electrons. The molecule has 0 aliphatic heterocycles. The van der Waals surface area contributed by atoms with Gasteiger partial charge in [0.15, 0.2) is 11.4 Å². The van der Waals surface area contributed by atoms with Crippen molar-refractivity contribution in [1.29, 1.82) is 5.26 Å². The second-order valence-electron chi connectivity index (χ2n) is 5.34. The predicted octanol–water partition coefficient (Wildman–Crippen LogP) is 3.03. The van der Waals surface area contributed by atoms with E-state index in [0.29, 0.717) is 6.07 Å². The molecule has 0 bridgehead atoms. The average molecular weight is 381 g/mol. The zero-order valence-electron chi connectivity index (χ0n) is 13.5. The van der Waals surface area contributed by atoms with Gasteiger partial charge in [-0.2, -0.15) is 23.2 Å². The van der Waals surface area contributed by atoms with Gasteiger partial charge in [0.25, 0.3) is 5.69 Å². The number of aromatic nitrogens is 1. The van der Waals surface area contributed by atoms with Crippen molar-refractivity contribution in [3.05, 3.63) is 62.1 Å². The average Bonchev–Trinajstić information content (AvgIpc) is 2.57. The molecule has 140 valence electrons. The van der Waals surface area contributed by atoms with Crippen molar-refractivity contribution in [1.82, 2.24) is 0 Å². The molecule has 1 heterocycles. The Kier molecular flexibility index (Phi) is 4.94. The highest BCUT2D eigenvalue weighted by Gasteiger charge is 2.40. The molecule has 0 saturated heterocycles. The number of hydrogen-bond acceptors (Lipinski definition) is 6. The van der Waals surface area contributed by atoms with Crippen LogP contribution in [-0.4, -0.2) is 15.1 Å². The summed E-state index contributed by atoms with van der Waals surface area (Å²) >= 11 is 0. The number of halogens is 3. The summed E-state index contributed by atoms with van der Waals surface area (Å²) in [4.78, 5) is 9.91. The van der Waals surface area contributed by atoms with E-state index in [2.05, 4.69) is 0 Å². The summed E-state index contributed by atoms with van der Waals surface area (Å²) in [6, 6.07) is 4.91. The zero-order chi connectivity index (χ0) is 20.5. The van der Waals surface area contributed by atoms with Gasteiger partial charge < -0.3 is 15.4 Å². The molecule has 0 aliphatic rings. The molecule has 11 heteroatoms. The van der Waals surface area contributed by atoms with E-state index < -0.39 is 39.7 Å². The minimum atomic E-state index is -4.88. The highest BCUT2D eigenvalue weighted by atomic mass is 19.4. The third-order valence-electron chi connectivity index (χ3n) is 3.62. The second-order valence-corrected chi connectivity index (χ2v) is 5.34. The van der Waals surface area contributed by atoms with Crippen molar-refractivity contribution < 1.29 is 33.0 Å². The largest absolute Gasteiger partial charge is 0.618 e. The Bertz CT molecular complexity index is 1010. The maximum Gasteiger partial charge on any atom is 0.478 e. The molecule has 0 amide bonds. The van der Waals surface area contributed by atoms with Crippen LogP contribution in [0.3, 0.4) is 0 Å². The first-order chi connectivity index (χ1) is 12.5. The van der Waals surface area contributed by atoms with Crippen LogP contribution >= 0.6 is 0 Å². The Morgan fingerprint density at radius 3 is 2.48 bits per heavy atom. The van der Waals surface area contributed by atoms with Crippen molar-refractivity contribution in [2.75, 3.05) is 0 Å². The van der Waals surface area contributed by atoms with Crippen LogP contribution in [-0.2, 0) is 6.18 Å². The minimum Gasteiger partial charge on any atom is -0.618 e. The highest BCUT2D eigenvalue weighted by molar-refractivity contribution is 5.90. The summed E-state index contributed by atoms with van der Waals surface area (Å²) in [5, 5.41) is 51.0. The first kappa shape index (κ1) is 19.5. The van der Waals surface area contributed by atoms with E-state index in [-0.39, 0.29) is 21.4 Å². The number of alkyl halides is 3. The van der Waals surface area contributed by atoms with Crippen LogP contribution in [0.1, 0.15) is 22.5 Å². The normalized spacial score (nSPS) is 11.9. The summed E-state index contributed by atoms with van der Waals surface area (Å²) in [5.41, 5.74) is -3.18. The molecular formula is C16H10F3N3O5. The number of nitriles is 1. The Labute approximate surface area is 149 Å². The van der Waals surface area contributed by atoms with Crippen molar-refractivity contribution in [3.8, 4) is 17.6 Å². The van der Waals surface area contributed by atoms with Crippen LogP contribution in [0.5, 0.6) is 11.5 Å². The quantitative estimate of drug-likeness (QED) is 0.210. The third kappa shape index (κ3) is 3.74. The highest BCUT2D eigenvalue weighted by Crippen LogP contribution is 2.37. The van der Waals surface area contributed by atoms with Crippen LogP contribution in [0.25, 0.3) is 11.6 Å². The molecule has 0 unspecified atom stereocenters. The first-order valence-electron chi connectivity index (χ1n) is 7.10. The van der Waals surface area contributed by atoms with Crippen LogP contribution in [0.15, 0.2) is 24.3 Å². The molecular weight excluding hydrogens is 371 g/mol. The molecule has 0 saturated carbocycles. The number of rotatable bonds is 3. The molecule has 27 heavy (non-hydrogen) atoms. The van der Waals surface area contributed by atoms with Gasteiger partial charge in [0.2, 0.25) is 5.75 Å². The van der Waals surface area contributed by atoms with Crippen molar-refractivity contribution in [2.24, 2.45) is 0 Å². The Balaban J connectivity index is 2.64. The molecule has 8 nitrogen and oxygen atoms in total. The lowest BCUT2D eigenvalue weighted by Gasteiger charge is -2.12. The zero-order valence-corrected chi connectivity index (χ0v) is 13.5. The van der Waals surface area contributed by atoms with Gasteiger partial charge in [0.05, 0.1) is 16.1 Å². The maximum atomic E-state index is 12.8. The fraction of sp³-hybridized carbons (Fsp3) is 0.125. The number of phenolic OH excluding ortho intramolecular Hbond substituents is 2. The SMILES string of the molecule is Cc1c(C(C#N)=Cc2cc(O)c(O)c([N+](=O)[O-])c2)ccc(C(F)(F)F)[n+]1[O-]. The van der Waals surface area contributed by atoms with Crippen molar-refractivity contribution in [3.63, 3.8) is 0 Å². The Morgan fingerprint density at radius 1 is 1.33 bits per heavy atom. The van der Waals surface area contributed by atoms with Crippen LogP contribution in [0, 0.1) is 33.6 Å². The first-order valence-corrected chi connectivity index (χ1v) is 7.10. The molecule has 2 aromatic rings. The van der Waals surface area contributed by atoms with Gasteiger partial charge in [-0.3, -0.25) is 10.1 Å². The van der Waals surface area contributed by atoms with Crippen LogP contribution < -0.4 is 4.73 Å². The van der Waals surface area contributed by atoms with E-state index in [0.717, 1.165) is 31.2 Å². The number of benzene rings is 1. The van der Waals surface area contributed by atoms with E-state index in [1.54, 1.807) is 6.07 Å². The van der Waals surface area contributed by atoms with Gasteiger partial charge in [-0.25, -0.2) is 0 Å². The molecule has 0 atom stereocenters. The Hall–Kier alpha value is -3.81. The van der Waals surface area contributed by atoms with E-state index in [4.69, 9.17) is 0 Å². The van der Waals surface area contributed by atoms with Crippen LogP contribution in [0.2, 0.25) is 0 Å². The fourth-order valence-electron chi connectivity index (χ4n) is 2.32. The van der Waals surface area contributed by atoms with Gasteiger partial charge >= 0.3 is 11.9 Å². The number of hydrogen-bond donors (Lipinski definition) is 2. The topological polar surface area (TPSA) is 134 Å². The number of allylic oxidation sites excluding steroid dienone is 1. The summed E-state index contributed by atoms with van der Waals surface area (Å²) in [5.74, 6) is -1.80. The molecule has 0 spiro atoms. The molecule has 1 aromatic heterocycles. The third-order valence-corrected chi connectivity index (χ3v) is 3.62. The van der Waals surface area contributed by atoms with E-state index in [1.165, 1.54) is 0 Å². The predicted molar refractivity (Wildman–Crippen MR) is 85.1 cm³/mol. The van der Waals surface area contributed by atoms with Gasteiger partial charge in [-0.05, 0) is 23.8 Å². The molecule has 1 aromatic carbocycles. The molecule has 0 aliphatic carbocycles. The second kappa shape index (κ2) is 6.83. The lowest BCUT2D eigenvalue weighted by atomic mass is 10.0. The number of nitrogens with zero attached hydrogens (tertiary/aromatic N) is 3. The van der Waals surface area contributed by atoms with Gasteiger partial charge in [0, 0.05) is 19.1 Å². The summed E-state index contributed by atoms with van der Waals surface area (Å²) in [7, 11) is 0. The number of aromatic hydroxyl groups is 2. The summed E-state index contributed by atoms with van der Waals surface area (Å²) in [6.07, 6.45) is -3.85. The fourth-order valence-corrected chi connectivity index (χ4v) is 2.32. The number of nitro benzene ring substituents is 1. The number of pyridine rings is 1. The lowest BCUT2D eigenvalue weighted by Crippen LogP contribution is -2.40. The van der Waals surface area contributed by atoms with E-state index >= 15 is 0 Å². The van der Waals surface area contributed by atoms with E-state index in [9.17, 15) is 44.0 Å². The minimum absolute atomic E-state index is 0.0784. The van der Waals surface area contributed by atoms with Gasteiger partial charge in [-0.1, -0.05) is 0 Å². The molecule has 2 N–H and O–H groups in total. The Morgan fingerprint density at radius 2 is 1.96 bits per heavy atom. The lowest BCUT2D eigenvalue weighted by molar-refractivity contribution is -0.635.